The number of carbonyl (C=O) groups excluding carboxylic acids is 1. The maximum atomic E-state index is 15.1. The predicted molar refractivity (Wildman–Crippen MR) is 100 cm³/mol. The normalized spacial score (nSPS) is 11.0. The van der Waals surface area contributed by atoms with Crippen LogP contribution in [0.15, 0.2) is 35.1 Å². The minimum atomic E-state index is -0.767. The van der Waals surface area contributed by atoms with E-state index in [4.69, 9.17) is 21.4 Å². The zero-order chi connectivity index (χ0) is 18.8. The second-order valence-corrected chi connectivity index (χ2v) is 6.77. The number of aliphatic hydroxyl groups is 1. The highest BCUT2D eigenvalue weighted by molar-refractivity contribution is 9.10. The molecule has 0 atom stereocenters. The molecule has 6 nitrogen and oxygen atoms in total. The monoisotopic (exact) mass is 441 g/mol. The minimum Gasteiger partial charge on any atom is -0.460 e. The first kappa shape index (κ1) is 18.6. The van der Waals surface area contributed by atoms with Crippen molar-refractivity contribution in [2.75, 3.05) is 18.5 Å². The summed E-state index contributed by atoms with van der Waals surface area (Å²) in [5, 5.41) is 12.1. The topological polar surface area (TPSA) is 76.4 Å². The highest BCUT2D eigenvalue weighted by atomic mass is 79.9. The molecule has 0 saturated carbocycles. The number of aryl methyl sites for hydroxylation is 1. The number of rotatable bonds is 5. The Kier molecular flexibility index (Phi) is 5.45. The molecule has 0 spiro atoms. The molecule has 1 heterocycles. The number of nitrogens with zero attached hydrogens (tertiary/aromatic N) is 2. The summed E-state index contributed by atoms with van der Waals surface area (Å²) in [4.78, 5) is 16.4. The predicted octanol–water partition coefficient (Wildman–Crippen LogP) is 4.02. The third-order valence-electron chi connectivity index (χ3n) is 3.70. The third-order valence-corrected chi connectivity index (χ3v) is 4.50. The van der Waals surface area contributed by atoms with Crippen LogP contribution in [0.5, 0.6) is 0 Å². The van der Waals surface area contributed by atoms with Gasteiger partial charge in [-0.05, 0) is 24.3 Å². The Bertz CT molecular complexity index is 993. The Balaban J connectivity index is 2.14. The highest BCUT2D eigenvalue weighted by Crippen LogP contribution is 2.34. The molecule has 3 rings (SSSR count). The number of benzene rings is 2. The number of halogens is 3. The second kappa shape index (κ2) is 7.61. The summed E-state index contributed by atoms with van der Waals surface area (Å²) in [6.07, 6.45) is 1.45. The molecule has 0 unspecified atom stereocenters. The average molecular weight is 443 g/mol. The van der Waals surface area contributed by atoms with Crippen LogP contribution in [0, 0.1) is 5.82 Å². The molecule has 3 aromatic rings. The van der Waals surface area contributed by atoms with Crippen LogP contribution < -0.4 is 5.32 Å². The van der Waals surface area contributed by atoms with Crippen molar-refractivity contribution in [3.05, 3.63) is 51.5 Å². The molecule has 0 aliphatic carbocycles. The van der Waals surface area contributed by atoms with E-state index < -0.39 is 11.8 Å². The molecule has 0 fully saturated rings. The Morgan fingerprint density at radius 3 is 2.92 bits per heavy atom. The van der Waals surface area contributed by atoms with Gasteiger partial charge in [-0.1, -0.05) is 27.5 Å². The fourth-order valence-corrected chi connectivity index (χ4v) is 3.17. The molecule has 2 aromatic carbocycles. The number of aromatic nitrogens is 2. The zero-order valence-corrected chi connectivity index (χ0v) is 15.9. The largest absolute Gasteiger partial charge is 0.460 e. The Labute approximate surface area is 161 Å². The lowest BCUT2D eigenvalue weighted by atomic mass is 10.1. The van der Waals surface area contributed by atoms with Gasteiger partial charge in [0.25, 0.3) is 0 Å². The van der Waals surface area contributed by atoms with E-state index in [0.717, 1.165) is 4.47 Å². The maximum absolute atomic E-state index is 15.1. The molecule has 0 bridgehead atoms. The number of aliphatic hydroxyl groups excluding tert-OH is 1. The van der Waals surface area contributed by atoms with Gasteiger partial charge in [-0.15, -0.1) is 0 Å². The van der Waals surface area contributed by atoms with Crippen molar-refractivity contribution in [2.45, 2.75) is 0 Å². The summed E-state index contributed by atoms with van der Waals surface area (Å²) in [7, 11) is 1.69. The maximum Gasteiger partial charge on any atom is 0.340 e. The number of esters is 1. The van der Waals surface area contributed by atoms with E-state index in [-0.39, 0.29) is 30.0 Å². The lowest BCUT2D eigenvalue weighted by Gasteiger charge is -2.15. The molecular formula is C17H14BrClFN3O3. The van der Waals surface area contributed by atoms with E-state index in [1.807, 2.05) is 0 Å². The van der Waals surface area contributed by atoms with Gasteiger partial charge >= 0.3 is 5.97 Å². The summed E-state index contributed by atoms with van der Waals surface area (Å²) < 4.78 is 22.4. The Hall–Kier alpha value is -2.16. The van der Waals surface area contributed by atoms with Crippen LogP contribution in [0.1, 0.15) is 10.4 Å². The number of nitrogens with one attached hydrogen (secondary N) is 1. The molecule has 0 radical (unpaired) electrons. The van der Waals surface area contributed by atoms with E-state index in [1.54, 1.807) is 29.8 Å². The number of ether oxygens (including phenoxy) is 1. The van der Waals surface area contributed by atoms with Crippen LogP contribution >= 0.6 is 27.5 Å². The first-order chi connectivity index (χ1) is 12.4. The molecule has 26 heavy (non-hydrogen) atoms. The van der Waals surface area contributed by atoms with Gasteiger partial charge in [0.1, 0.15) is 12.1 Å². The fourth-order valence-electron chi connectivity index (χ4n) is 2.45. The molecule has 9 heteroatoms. The molecule has 1 aromatic heterocycles. The Morgan fingerprint density at radius 2 is 2.23 bits per heavy atom. The van der Waals surface area contributed by atoms with Crippen molar-refractivity contribution < 1.29 is 19.0 Å². The van der Waals surface area contributed by atoms with Gasteiger partial charge in [0, 0.05) is 11.5 Å². The summed E-state index contributed by atoms with van der Waals surface area (Å²) in [5.41, 5.74) is 0.850. The summed E-state index contributed by atoms with van der Waals surface area (Å²) >= 11 is 9.49. The molecule has 0 amide bonds. The molecule has 0 aliphatic rings. The molecule has 136 valence electrons. The molecule has 2 N–H and O–H groups in total. The summed E-state index contributed by atoms with van der Waals surface area (Å²) in [6, 6.07) is 6.51. The van der Waals surface area contributed by atoms with Crippen molar-refractivity contribution in [1.29, 1.82) is 0 Å². The van der Waals surface area contributed by atoms with E-state index in [0.29, 0.717) is 16.2 Å². The van der Waals surface area contributed by atoms with E-state index in [2.05, 4.69) is 26.2 Å². The number of hydrogen-bond donors (Lipinski definition) is 2. The molecule has 0 aliphatic heterocycles. The Morgan fingerprint density at radius 1 is 1.46 bits per heavy atom. The van der Waals surface area contributed by atoms with Crippen molar-refractivity contribution in [1.82, 2.24) is 9.55 Å². The van der Waals surface area contributed by atoms with Crippen LogP contribution in [0.3, 0.4) is 0 Å². The number of imidazole rings is 1. The van der Waals surface area contributed by atoms with Crippen LogP contribution in [-0.4, -0.2) is 33.8 Å². The summed E-state index contributed by atoms with van der Waals surface area (Å²) in [5.74, 6) is -1.46. The van der Waals surface area contributed by atoms with Crippen LogP contribution in [0.25, 0.3) is 11.0 Å². The smallest absolute Gasteiger partial charge is 0.340 e. The number of carbonyl (C=O) groups is 1. The van der Waals surface area contributed by atoms with Crippen molar-refractivity contribution in [3.63, 3.8) is 0 Å². The minimum absolute atomic E-state index is 0.0222. The number of fused-ring (bicyclic) bond motifs is 1. The van der Waals surface area contributed by atoms with Crippen molar-refractivity contribution in [2.24, 2.45) is 7.05 Å². The van der Waals surface area contributed by atoms with E-state index in [9.17, 15) is 4.79 Å². The highest BCUT2D eigenvalue weighted by Gasteiger charge is 2.23. The lowest BCUT2D eigenvalue weighted by Crippen LogP contribution is -2.12. The SMILES string of the molecule is Cn1cnc2c(F)c(Nc3ccc(Br)cc3Cl)c(C(=O)OCCO)cc21. The third kappa shape index (κ3) is 3.53. The molecular weight excluding hydrogens is 429 g/mol. The van der Waals surface area contributed by atoms with Gasteiger partial charge in [-0.25, -0.2) is 14.2 Å². The van der Waals surface area contributed by atoms with Crippen LogP contribution in [-0.2, 0) is 11.8 Å². The fraction of sp³-hybridized carbons (Fsp3) is 0.176. The standard InChI is InChI=1S/C17H14BrClFN3O3/c1-23-8-21-16-13(23)7-10(17(25)26-5-4-24)15(14(16)20)22-12-3-2-9(18)6-11(12)19/h2-3,6-8,22,24H,4-5H2,1H3. The van der Waals surface area contributed by atoms with E-state index in [1.165, 1.54) is 12.4 Å². The quantitative estimate of drug-likeness (QED) is 0.584. The number of anilines is 2. The van der Waals surface area contributed by atoms with Gasteiger partial charge in [-0.2, -0.15) is 0 Å². The first-order valence-corrected chi connectivity index (χ1v) is 8.73. The zero-order valence-electron chi connectivity index (χ0n) is 13.6. The lowest BCUT2D eigenvalue weighted by molar-refractivity contribution is 0.0434. The van der Waals surface area contributed by atoms with Crippen molar-refractivity contribution >= 4 is 55.9 Å². The van der Waals surface area contributed by atoms with Crippen molar-refractivity contribution in [3.8, 4) is 0 Å². The van der Waals surface area contributed by atoms with Crippen LogP contribution in [0.4, 0.5) is 15.8 Å². The average Bonchev–Trinajstić information content (AvgIpc) is 2.98. The van der Waals surface area contributed by atoms with Crippen LogP contribution in [0.2, 0.25) is 5.02 Å². The van der Waals surface area contributed by atoms with Gasteiger partial charge < -0.3 is 19.7 Å². The van der Waals surface area contributed by atoms with Gasteiger partial charge in [0.2, 0.25) is 0 Å². The second-order valence-electron chi connectivity index (χ2n) is 5.45. The number of hydrogen-bond acceptors (Lipinski definition) is 5. The van der Waals surface area contributed by atoms with Gasteiger partial charge in [0.15, 0.2) is 5.82 Å². The molecule has 0 saturated heterocycles. The van der Waals surface area contributed by atoms with Gasteiger partial charge in [0.05, 0.1) is 40.4 Å². The van der Waals surface area contributed by atoms with Gasteiger partial charge in [-0.3, -0.25) is 0 Å². The summed E-state index contributed by atoms with van der Waals surface area (Å²) in [6.45, 7) is -0.522. The van der Waals surface area contributed by atoms with E-state index >= 15 is 4.39 Å². The first-order valence-electron chi connectivity index (χ1n) is 7.56.